The van der Waals surface area contributed by atoms with Crippen molar-refractivity contribution in [2.24, 2.45) is 0 Å². The molecule has 24 heavy (non-hydrogen) atoms. The van der Waals surface area contributed by atoms with Crippen LogP contribution in [0.1, 0.15) is 41.8 Å². The van der Waals surface area contributed by atoms with E-state index in [0.29, 0.717) is 10.6 Å². The standard InChI is InChI=1S/C20H20N2OS/c1-20(2)11-13(8-9-14-6-4-5-7-17(14)23-3)10-15-16(12-21)19(22)24-18(15)20/h4-10H,11,22H2,1-3H3/b9-8+. The summed E-state index contributed by atoms with van der Waals surface area (Å²) in [7, 11) is 1.68. The molecule has 2 aromatic rings. The maximum absolute atomic E-state index is 9.41. The summed E-state index contributed by atoms with van der Waals surface area (Å²) in [6, 6.07) is 10.2. The van der Waals surface area contributed by atoms with E-state index in [1.807, 2.05) is 24.3 Å². The summed E-state index contributed by atoms with van der Waals surface area (Å²) in [6.07, 6.45) is 7.18. The van der Waals surface area contributed by atoms with E-state index < -0.39 is 0 Å². The summed E-state index contributed by atoms with van der Waals surface area (Å²) in [4.78, 5) is 1.20. The Morgan fingerprint density at radius 2 is 2.04 bits per heavy atom. The molecule has 0 fully saturated rings. The van der Waals surface area contributed by atoms with Crippen LogP contribution in [0.2, 0.25) is 0 Å². The van der Waals surface area contributed by atoms with Gasteiger partial charge in [-0.3, -0.25) is 0 Å². The van der Waals surface area contributed by atoms with E-state index >= 15 is 0 Å². The van der Waals surface area contributed by atoms with Crippen LogP contribution in [0.15, 0.2) is 35.9 Å². The van der Waals surface area contributed by atoms with E-state index in [-0.39, 0.29) is 5.41 Å². The molecular weight excluding hydrogens is 316 g/mol. The Labute approximate surface area is 146 Å². The van der Waals surface area contributed by atoms with Gasteiger partial charge in [0.25, 0.3) is 0 Å². The molecule has 2 N–H and O–H groups in total. The number of anilines is 1. The highest BCUT2D eigenvalue weighted by molar-refractivity contribution is 7.16. The number of nitriles is 1. The van der Waals surface area contributed by atoms with Gasteiger partial charge in [0.15, 0.2) is 0 Å². The van der Waals surface area contributed by atoms with Gasteiger partial charge in [-0.05, 0) is 24.1 Å². The van der Waals surface area contributed by atoms with E-state index in [0.717, 1.165) is 23.3 Å². The maximum atomic E-state index is 9.41. The van der Waals surface area contributed by atoms with Crippen LogP contribution < -0.4 is 10.5 Å². The third kappa shape index (κ3) is 2.83. The lowest BCUT2D eigenvalue weighted by Crippen LogP contribution is -2.20. The quantitative estimate of drug-likeness (QED) is 0.859. The zero-order valence-electron chi connectivity index (χ0n) is 14.1. The van der Waals surface area contributed by atoms with E-state index in [9.17, 15) is 5.26 Å². The van der Waals surface area contributed by atoms with Gasteiger partial charge in [-0.25, -0.2) is 0 Å². The van der Waals surface area contributed by atoms with E-state index in [1.54, 1.807) is 7.11 Å². The molecule has 1 aliphatic carbocycles. The summed E-state index contributed by atoms with van der Waals surface area (Å²) < 4.78 is 5.39. The Hall–Kier alpha value is -2.51. The van der Waals surface area contributed by atoms with E-state index in [4.69, 9.17) is 10.5 Å². The SMILES string of the molecule is COc1ccccc1/C=C/C1=Cc2c(sc(N)c2C#N)C(C)(C)C1. The van der Waals surface area contributed by atoms with Gasteiger partial charge >= 0.3 is 0 Å². The predicted molar refractivity (Wildman–Crippen MR) is 101 cm³/mol. The van der Waals surface area contributed by atoms with Gasteiger partial charge in [0.2, 0.25) is 0 Å². The molecule has 0 aliphatic heterocycles. The number of para-hydroxylation sites is 1. The van der Waals surface area contributed by atoms with Gasteiger partial charge in [0.1, 0.15) is 16.8 Å². The minimum absolute atomic E-state index is 0.0293. The monoisotopic (exact) mass is 336 g/mol. The fraction of sp³-hybridized carbons (Fsp3) is 0.250. The van der Waals surface area contributed by atoms with Crippen molar-refractivity contribution in [1.82, 2.24) is 0 Å². The Morgan fingerprint density at radius 1 is 1.29 bits per heavy atom. The molecule has 0 saturated carbocycles. The van der Waals surface area contributed by atoms with Gasteiger partial charge in [-0.1, -0.05) is 44.2 Å². The van der Waals surface area contributed by atoms with Crippen LogP contribution in [0, 0.1) is 11.3 Å². The van der Waals surface area contributed by atoms with Crippen LogP contribution in [0.25, 0.3) is 12.2 Å². The van der Waals surface area contributed by atoms with E-state index in [1.165, 1.54) is 21.8 Å². The number of nitrogens with two attached hydrogens (primary N) is 1. The second kappa shape index (κ2) is 6.18. The number of hydrogen-bond acceptors (Lipinski definition) is 4. The lowest BCUT2D eigenvalue weighted by molar-refractivity contribution is 0.414. The predicted octanol–water partition coefficient (Wildman–Crippen LogP) is 4.99. The first-order valence-electron chi connectivity index (χ1n) is 7.81. The third-order valence-electron chi connectivity index (χ3n) is 4.29. The summed E-state index contributed by atoms with van der Waals surface area (Å²) in [5.74, 6) is 0.850. The number of rotatable bonds is 3. The first kappa shape index (κ1) is 16.4. The van der Waals surface area contributed by atoms with Crippen molar-refractivity contribution in [3.8, 4) is 11.8 Å². The number of benzene rings is 1. The molecule has 1 heterocycles. The van der Waals surface area contributed by atoms with Gasteiger partial charge in [0, 0.05) is 21.4 Å². The van der Waals surface area contributed by atoms with Crippen molar-refractivity contribution >= 4 is 28.5 Å². The second-order valence-electron chi connectivity index (χ2n) is 6.55. The minimum Gasteiger partial charge on any atom is -0.496 e. The van der Waals surface area contributed by atoms with Gasteiger partial charge < -0.3 is 10.5 Å². The van der Waals surface area contributed by atoms with Crippen molar-refractivity contribution in [3.05, 3.63) is 57.5 Å². The molecule has 0 atom stereocenters. The summed E-state index contributed by atoms with van der Waals surface area (Å²) >= 11 is 1.54. The van der Waals surface area contributed by atoms with Crippen LogP contribution in [0.3, 0.4) is 0 Å². The number of fused-ring (bicyclic) bond motifs is 1. The summed E-state index contributed by atoms with van der Waals surface area (Å²) in [6.45, 7) is 4.40. The molecule has 1 aromatic carbocycles. The summed E-state index contributed by atoms with van der Waals surface area (Å²) in [5, 5.41) is 10.0. The molecule has 3 rings (SSSR count). The first-order valence-corrected chi connectivity index (χ1v) is 8.62. The number of allylic oxidation sites excluding steroid dienone is 2. The molecular formula is C20H20N2OS. The molecule has 3 nitrogen and oxygen atoms in total. The van der Waals surface area contributed by atoms with Crippen LogP contribution in [-0.4, -0.2) is 7.11 Å². The topological polar surface area (TPSA) is 59.0 Å². The number of methoxy groups -OCH3 is 1. The molecule has 1 aromatic heterocycles. The first-order chi connectivity index (χ1) is 11.5. The van der Waals surface area contributed by atoms with Crippen LogP contribution in [0.4, 0.5) is 5.00 Å². The van der Waals surface area contributed by atoms with Crippen LogP contribution in [-0.2, 0) is 5.41 Å². The normalized spacial score (nSPS) is 15.7. The van der Waals surface area contributed by atoms with Gasteiger partial charge in [-0.2, -0.15) is 5.26 Å². The van der Waals surface area contributed by atoms with Crippen LogP contribution in [0.5, 0.6) is 5.75 Å². The largest absolute Gasteiger partial charge is 0.496 e. The number of ether oxygens (including phenoxy) is 1. The third-order valence-corrected chi connectivity index (χ3v) is 5.69. The van der Waals surface area contributed by atoms with Crippen molar-refractivity contribution in [3.63, 3.8) is 0 Å². The van der Waals surface area contributed by atoms with Crippen molar-refractivity contribution in [2.75, 3.05) is 12.8 Å². The Bertz CT molecular complexity index is 882. The highest BCUT2D eigenvalue weighted by atomic mass is 32.1. The average Bonchev–Trinajstić information content (AvgIpc) is 2.89. The molecule has 0 amide bonds. The van der Waals surface area contributed by atoms with Gasteiger partial charge in [0.05, 0.1) is 12.7 Å². The molecule has 1 aliphatic rings. The highest BCUT2D eigenvalue weighted by Gasteiger charge is 2.32. The molecule has 0 spiro atoms. The molecule has 0 radical (unpaired) electrons. The van der Waals surface area contributed by atoms with E-state index in [2.05, 4.69) is 38.1 Å². The number of thiophene rings is 1. The van der Waals surface area contributed by atoms with Crippen molar-refractivity contribution in [2.45, 2.75) is 25.7 Å². The zero-order valence-corrected chi connectivity index (χ0v) is 14.9. The molecule has 0 bridgehead atoms. The molecule has 4 heteroatoms. The number of hydrogen-bond donors (Lipinski definition) is 1. The Kier molecular flexibility index (Phi) is 4.21. The zero-order chi connectivity index (χ0) is 17.3. The Balaban J connectivity index is 2.02. The van der Waals surface area contributed by atoms with Crippen LogP contribution >= 0.6 is 11.3 Å². The fourth-order valence-electron chi connectivity index (χ4n) is 3.15. The average molecular weight is 336 g/mol. The summed E-state index contributed by atoms with van der Waals surface area (Å²) in [5.41, 5.74) is 9.81. The Morgan fingerprint density at radius 3 is 2.75 bits per heavy atom. The smallest absolute Gasteiger partial charge is 0.126 e. The van der Waals surface area contributed by atoms with Gasteiger partial charge in [-0.15, -0.1) is 11.3 Å². The second-order valence-corrected chi connectivity index (χ2v) is 7.60. The maximum Gasteiger partial charge on any atom is 0.126 e. The minimum atomic E-state index is -0.0293. The lowest BCUT2D eigenvalue weighted by atomic mass is 9.77. The van der Waals surface area contributed by atoms with Crippen molar-refractivity contribution < 1.29 is 4.74 Å². The molecule has 0 unspecified atom stereocenters. The number of nitrogens with zero attached hydrogens (tertiary/aromatic N) is 1. The molecule has 0 saturated heterocycles. The highest BCUT2D eigenvalue weighted by Crippen LogP contribution is 2.46. The van der Waals surface area contributed by atoms with Crippen molar-refractivity contribution in [1.29, 1.82) is 5.26 Å². The fourth-order valence-corrected chi connectivity index (χ4v) is 4.25. The number of nitrogen functional groups attached to an aromatic ring is 1. The lowest BCUT2D eigenvalue weighted by Gasteiger charge is -2.29. The molecule has 122 valence electrons.